The van der Waals surface area contributed by atoms with Crippen molar-refractivity contribution in [2.45, 2.75) is 18.4 Å². The van der Waals surface area contributed by atoms with Crippen molar-refractivity contribution in [1.82, 2.24) is 9.80 Å². The van der Waals surface area contributed by atoms with Gasteiger partial charge in [-0.05, 0) is 18.8 Å². The molecule has 0 spiro atoms. The number of hydrogen-bond acceptors (Lipinski definition) is 3. The highest BCUT2D eigenvalue weighted by atomic mass is 16.2. The number of hydrogen-bond donors (Lipinski definition) is 1. The molecule has 2 fully saturated rings. The molecule has 1 heterocycles. The third-order valence-electron chi connectivity index (χ3n) is 3.28. The van der Waals surface area contributed by atoms with Gasteiger partial charge in [-0.2, -0.15) is 0 Å². The maximum absolute atomic E-state index is 11.4. The molecule has 0 aromatic heterocycles. The molecule has 1 aliphatic heterocycles. The lowest BCUT2D eigenvalue weighted by Crippen LogP contribution is -2.69. The average Bonchev–Trinajstić information content (AvgIpc) is 2.82. The second kappa shape index (κ2) is 3.21. The summed E-state index contributed by atoms with van der Waals surface area (Å²) in [7, 11) is 3.58. The van der Waals surface area contributed by atoms with Crippen LogP contribution in [0.25, 0.3) is 0 Å². The van der Waals surface area contributed by atoms with Crippen molar-refractivity contribution in [2.24, 2.45) is 11.7 Å². The van der Waals surface area contributed by atoms with Crippen molar-refractivity contribution in [3.8, 4) is 0 Å². The van der Waals surface area contributed by atoms with Crippen LogP contribution in [0.15, 0.2) is 0 Å². The monoisotopic (exact) mass is 197 g/mol. The Labute approximate surface area is 85.0 Å². The minimum absolute atomic E-state index is 0.0343. The van der Waals surface area contributed by atoms with Gasteiger partial charge in [-0.15, -0.1) is 0 Å². The Morgan fingerprint density at radius 3 is 2.50 bits per heavy atom. The van der Waals surface area contributed by atoms with E-state index in [9.17, 15) is 4.79 Å². The number of likely N-dealkylation sites (tertiary alicyclic amines) is 1. The molecule has 1 saturated heterocycles. The molecule has 1 amide bonds. The fourth-order valence-electron chi connectivity index (χ4n) is 2.15. The van der Waals surface area contributed by atoms with Gasteiger partial charge in [0.25, 0.3) is 0 Å². The van der Waals surface area contributed by atoms with Crippen LogP contribution in [-0.4, -0.2) is 55.0 Å². The molecule has 1 aliphatic carbocycles. The van der Waals surface area contributed by atoms with E-state index in [2.05, 4.69) is 4.90 Å². The van der Waals surface area contributed by atoms with Crippen molar-refractivity contribution in [3.63, 3.8) is 0 Å². The van der Waals surface area contributed by atoms with Gasteiger partial charge in [0.1, 0.15) is 0 Å². The van der Waals surface area contributed by atoms with Gasteiger partial charge in [-0.1, -0.05) is 0 Å². The van der Waals surface area contributed by atoms with E-state index >= 15 is 0 Å². The summed E-state index contributed by atoms with van der Waals surface area (Å²) in [6.07, 6.45) is 2.57. The second-order valence-electron chi connectivity index (χ2n) is 4.94. The number of amides is 1. The van der Waals surface area contributed by atoms with E-state index in [0.29, 0.717) is 6.54 Å². The van der Waals surface area contributed by atoms with E-state index < -0.39 is 0 Å². The summed E-state index contributed by atoms with van der Waals surface area (Å²) in [5, 5.41) is 0. The predicted octanol–water partition coefficient (Wildman–Crippen LogP) is -0.502. The van der Waals surface area contributed by atoms with Crippen LogP contribution in [0.5, 0.6) is 0 Å². The standard InChI is InChI=1S/C10H19N3O/c1-12(2)9(14)5-13-6-10(11,7-13)8-3-4-8/h8H,3-7,11H2,1-2H3. The van der Waals surface area contributed by atoms with Gasteiger partial charge in [0, 0.05) is 32.7 Å². The summed E-state index contributed by atoms with van der Waals surface area (Å²) in [5.41, 5.74) is 6.22. The first-order valence-electron chi connectivity index (χ1n) is 5.23. The summed E-state index contributed by atoms with van der Waals surface area (Å²) in [4.78, 5) is 15.2. The number of likely N-dealkylation sites (N-methyl/N-ethyl adjacent to an activating group) is 1. The molecule has 4 heteroatoms. The van der Waals surface area contributed by atoms with Crippen LogP contribution in [0.4, 0.5) is 0 Å². The molecule has 0 atom stereocenters. The zero-order chi connectivity index (χ0) is 10.3. The van der Waals surface area contributed by atoms with E-state index in [1.807, 2.05) is 0 Å². The minimum Gasteiger partial charge on any atom is -0.348 e. The van der Waals surface area contributed by atoms with Gasteiger partial charge in [0.2, 0.25) is 5.91 Å². The fraction of sp³-hybridized carbons (Fsp3) is 0.900. The van der Waals surface area contributed by atoms with Crippen LogP contribution in [0.2, 0.25) is 0 Å². The van der Waals surface area contributed by atoms with Crippen LogP contribution < -0.4 is 5.73 Å². The molecule has 0 aromatic rings. The third kappa shape index (κ3) is 1.77. The molecule has 0 radical (unpaired) electrons. The van der Waals surface area contributed by atoms with Gasteiger partial charge in [0.15, 0.2) is 0 Å². The summed E-state index contributed by atoms with van der Waals surface area (Å²) >= 11 is 0. The highest BCUT2D eigenvalue weighted by molar-refractivity contribution is 5.77. The molecule has 14 heavy (non-hydrogen) atoms. The van der Waals surface area contributed by atoms with E-state index in [1.165, 1.54) is 12.8 Å². The number of carbonyl (C=O) groups excluding carboxylic acids is 1. The first kappa shape index (κ1) is 9.93. The molecule has 80 valence electrons. The van der Waals surface area contributed by atoms with Crippen LogP contribution in [0.1, 0.15) is 12.8 Å². The fourth-order valence-corrected chi connectivity index (χ4v) is 2.15. The van der Waals surface area contributed by atoms with Crippen LogP contribution in [0.3, 0.4) is 0 Å². The van der Waals surface area contributed by atoms with Crippen LogP contribution in [0, 0.1) is 5.92 Å². The first-order chi connectivity index (χ1) is 6.51. The molecular formula is C10H19N3O. The SMILES string of the molecule is CN(C)C(=O)CN1CC(N)(C2CC2)C1. The number of nitrogens with two attached hydrogens (primary N) is 1. The Hall–Kier alpha value is -0.610. The van der Waals surface area contributed by atoms with Gasteiger partial charge in [0.05, 0.1) is 6.54 Å². The largest absolute Gasteiger partial charge is 0.348 e. The number of carbonyl (C=O) groups is 1. The summed E-state index contributed by atoms with van der Waals surface area (Å²) in [5.74, 6) is 0.899. The smallest absolute Gasteiger partial charge is 0.236 e. The van der Waals surface area contributed by atoms with Gasteiger partial charge in [-0.25, -0.2) is 0 Å². The highest BCUT2D eigenvalue weighted by Gasteiger charge is 2.50. The van der Waals surface area contributed by atoms with Crippen LogP contribution >= 0.6 is 0 Å². The lowest BCUT2D eigenvalue weighted by Gasteiger charge is -2.48. The molecule has 2 N–H and O–H groups in total. The van der Waals surface area contributed by atoms with E-state index in [4.69, 9.17) is 5.73 Å². The van der Waals surface area contributed by atoms with Gasteiger partial charge < -0.3 is 10.6 Å². The van der Waals surface area contributed by atoms with Crippen molar-refractivity contribution in [1.29, 1.82) is 0 Å². The molecule has 2 rings (SSSR count). The van der Waals surface area contributed by atoms with Gasteiger partial charge in [-0.3, -0.25) is 9.69 Å². The Bertz CT molecular complexity index is 242. The molecule has 0 aromatic carbocycles. The molecule has 1 saturated carbocycles. The quantitative estimate of drug-likeness (QED) is 0.663. The molecule has 2 aliphatic rings. The van der Waals surface area contributed by atoms with Crippen molar-refractivity contribution in [2.75, 3.05) is 33.7 Å². The number of nitrogens with zero attached hydrogens (tertiary/aromatic N) is 2. The first-order valence-corrected chi connectivity index (χ1v) is 5.23. The van der Waals surface area contributed by atoms with Crippen molar-refractivity contribution in [3.05, 3.63) is 0 Å². The predicted molar refractivity (Wildman–Crippen MR) is 54.8 cm³/mol. The highest BCUT2D eigenvalue weighted by Crippen LogP contribution is 2.42. The average molecular weight is 197 g/mol. The summed E-state index contributed by atoms with van der Waals surface area (Å²) < 4.78 is 0. The topological polar surface area (TPSA) is 49.6 Å². The maximum atomic E-state index is 11.4. The van der Waals surface area contributed by atoms with Crippen LogP contribution in [-0.2, 0) is 4.79 Å². The Morgan fingerprint density at radius 2 is 2.07 bits per heavy atom. The van der Waals surface area contributed by atoms with E-state index in [0.717, 1.165) is 19.0 Å². The van der Waals surface area contributed by atoms with Gasteiger partial charge >= 0.3 is 0 Å². The molecule has 0 unspecified atom stereocenters. The van der Waals surface area contributed by atoms with E-state index in [-0.39, 0.29) is 11.4 Å². The van der Waals surface area contributed by atoms with Crippen molar-refractivity contribution >= 4 is 5.91 Å². The molecule has 0 bridgehead atoms. The lowest BCUT2D eigenvalue weighted by atomic mass is 9.86. The zero-order valence-electron chi connectivity index (χ0n) is 8.99. The molecule has 4 nitrogen and oxygen atoms in total. The summed E-state index contributed by atoms with van der Waals surface area (Å²) in [6.45, 7) is 2.33. The zero-order valence-corrected chi connectivity index (χ0v) is 8.99. The maximum Gasteiger partial charge on any atom is 0.236 e. The molecular weight excluding hydrogens is 178 g/mol. The Morgan fingerprint density at radius 1 is 1.50 bits per heavy atom. The van der Waals surface area contributed by atoms with Crippen molar-refractivity contribution < 1.29 is 4.79 Å². The Kier molecular flexibility index (Phi) is 2.27. The second-order valence-corrected chi connectivity index (χ2v) is 4.94. The normalized spacial score (nSPS) is 25.6. The Balaban J connectivity index is 1.74. The number of rotatable bonds is 3. The van der Waals surface area contributed by atoms with E-state index in [1.54, 1.807) is 19.0 Å². The summed E-state index contributed by atoms with van der Waals surface area (Å²) in [6, 6.07) is 0. The lowest BCUT2D eigenvalue weighted by molar-refractivity contribution is -0.132. The third-order valence-corrected chi connectivity index (χ3v) is 3.28. The minimum atomic E-state index is 0.0343.